The van der Waals surface area contributed by atoms with Crippen LogP contribution in [0.4, 0.5) is 5.69 Å². The Morgan fingerprint density at radius 2 is 1.62 bits per heavy atom. The lowest BCUT2D eigenvalue weighted by molar-refractivity contribution is -0.143. The lowest BCUT2D eigenvalue weighted by Crippen LogP contribution is -2.39. The largest absolute Gasteiger partial charge is 0.462 e. The highest BCUT2D eigenvalue weighted by atomic mass is 16.5. The van der Waals surface area contributed by atoms with Crippen molar-refractivity contribution in [1.29, 1.82) is 0 Å². The Morgan fingerprint density at radius 3 is 2.27 bits per heavy atom. The number of nitrogens with one attached hydrogen (secondary N) is 1. The summed E-state index contributed by atoms with van der Waals surface area (Å²) >= 11 is 0. The van der Waals surface area contributed by atoms with Gasteiger partial charge < -0.3 is 15.8 Å². The molecule has 3 rings (SSSR count). The van der Waals surface area contributed by atoms with Crippen LogP contribution in [0.2, 0.25) is 0 Å². The molecule has 0 radical (unpaired) electrons. The number of carbonyl (C=O) groups is 3. The molecule has 3 N–H and O–H groups in total. The summed E-state index contributed by atoms with van der Waals surface area (Å²) < 4.78 is 5.10. The van der Waals surface area contributed by atoms with E-state index < -0.39 is 11.5 Å². The maximum atomic E-state index is 13.0. The van der Waals surface area contributed by atoms with Crippen LogP contribution < -0.4 is 11.1 Å². The number of benzene rings is 2. The van der Waals surface area contributed by atoms with Gasteiger partial charge in [0.1, 0.15) is 6.61 Å². The van der Waals surface area contributed by atoms with Gasteiger partial charge in [-0.15, -0.1) is 0 Å². The Bertz CT molecular complexity index is 902. The molecule has 0 fully saturated rings. The minimum absolute atomic E-state index is 0.0748. The fourth-order valence-corrected chi connectivity index (χ4v) is 2.97. The van der Waals surface area contributed by atoms with Crippen molar-refractivity contribution in [2.75, 3.05) is 18.5 Å². The zero-order valence-corrected chi connectivity index (χ0v) is 14.7. The molecule has 1 aliphatic carbocycles. The van der Waals surface area contributed by atoms with Crippen LogP contribution in [-0.4, -0.2) is 36.2 Å². The molecule has 0 unspecified atom stereocenters. The van der Waals surface area contributed by atoms with Gasteiger partial charge in [0, 0.05) is 22.4 Å². The van der Waals surface area contributed by atoms with Crippen LogP contribution in [0.5, 0.6) is 0 Å². The highest BCUT2D eigenvalue weighted by Crippen LogP contribution is 2.33. The molecular formula is C20H20N2O4. The van der Waals surface area contributed by atoms with Crippen molar-refractivity contribution in [3.63, 3.8) is 0 Å². The minimum atomic E-state index is -0.653. The fraction of sp³-hybridized carbons (Fsp3) is 0.250. The van der Waals surface area contributed by atoms with E-state index in [4.69, 9.17) is 10.5 Å². The number of ketones is 2. The van der Waals surface area contributed by atoms with E-state index in [1.165, 1.54) is 0 Å². The van der Waals surface area contributed by atoms with Gasteiger partial charge in [-0.3, -0.25) is 14.4 Å². The van der Waals surface area contributed by atoms with E-state index in [1.807, 2.05) is 13.8 Å². The lowest BCUT2D eigenvalue weighted by atomic mass is 9.83. The van der Waals surface area contributed by atoms with E-state index in [1.54, 1.807) is 42.5 Å². The number of hydrogen-bond acceptors (Lipinski definition) is 6. The van der Waals surface area contributed by atoms with Gasteiger partial charge in [-0.2, -0.15) is 0 Å². The maximum absolute atomic E-state index is 13.0. The van der Waals surface area contributed by atoms with Gasteiger partial charge in [0.05, 0.1) is 17.6 Å². The van der Waals surface area contributed by atoms with Crippen molar-refractivity contribution in [2.24, 2.45) is 5.73 Å². The standard InChI is InChI=1S/C20H20N2O4/c1-20(2,11-26-16(23)10-21)22-15-9-5-8-14-17(15)19(25)13-7-4-3-6-12(13)18(14)24/h3-9,22H,10-11,21H2,1-2H3. The van der Waals surface area contributed by atoms with Crippen LogP contribution in [0.15, 0.2) is 42.5 Å². The number of ether oxygens (including phenoxy) is 1. The van der Waals surface area contributed by atoms with Crippen molar-refractivity contribution in [3.05, 3.63) is 64.7 Å². The molecule has 26 heavy (non-hydrogen) atoms. The van der Waals surface area contributed by atoms with Crippen LogP contribution in [0.3, 0.4) is 0 Å². The summed E-state index contributed by atoms with van der Waals surface area (Å²) in [6.45, 7) is 3.55. The number of carbonyl (C=O) groups excluding carboxylic acids is 3. The molecular weight excluding hydrogens is 332 g/mol. The summed E-state index contributed by atoms with van der Waals surface area (Å²) in [4.78, 5) is 37.0. The molecule has 0 spiro atoms. The second-order valence-electron chi connectivity index (χ2n) is 6.81. The van der Waals surface area contributed by atoms with E-state index in [0.717, 1.165) is 0 Å². The van der Waals surface area contributed by atoms with Gasteiger partial charge in [0.15, 0.2) is 11.6 Å². The highest BCUT2D eigenvalue weighted by molar-refractivity contribution is 6.30. The number of hydrogen-bond donors (Lipinski definition) is 2. The summed E-state index contributed by atoms with van der Waals surface area (Å²) in [6.07, 6.45) is 0. The molecule has 0 amide bonds. The first-order valence-electron chi connectivity index (χ1n) is 8.29. The summed E-state index contributed by atoms with van der Waals surface area (Å²) in [5.74, 6) is -0.880. The average molecular weight is 352 g/mol. The molecule has 2 aromatic rings. The predicted molar refractivity (Wildman–Crippen MR) is 97.5 cm³/mol. The molecule has 2 aromatic carbocycles. The van der Waals surface area contributed by atoms with E-state index in [9.17, 15) is 14.4 Å². The average Bonchev–Trinajstić information content (AvgIpc) is 2.64. The first-order chi connectivity index (χ1) is 12.3. The molecule has 134 valence electrons. The summed E-state index contributed by atoms with van der Waals surface area (Å²) in [5.41, 5.74) is 6.65. The zero-order valence-electron chi connectivity index (χ0n) is 14.7. The normalized spacial score (nSPS) is 13.0. The maximum Gasteiger partial charge on any atom is 0.319 e. The first-order valence-corrected chi connectivity index (χ1v) is 8.29. The van der Waals surface area contributed by atoms with Crippen LogP contribution in [-0.2, 0) is 9.53 Å². The van der Waals surface area contributed by atoms with Gasteiger partial charge in [-0.1, -0.05) is 36.4 Å². The number of fused-ring (bicyclic) bond motifs is 2. The number of esters is 1. The van der Waals surface area contributed by atoms with E-state index in [2.05, 4.69) is 5.32 Å². The number of anilines is 1. The molecule has 6 nitrogen and oxygen atoms in total. The molecule has 0 aromatic heterocycles. The van der Waals surface area contributed by atoms with Gasteiger partial charge in [-0.25, -0.2) is 0 Å². The quantitative estimate of drug-likeness (QED) is 0.683. The second kappa shape index (κ2) is 6.72. The van der Waals surface area contributed by atoms with Crippen LogP contribution in [0.25, 0.3) is 0 Å². The van der Waals surface area contributed by atoms with Crippen LogP contribution in [0, 0.1) is 0 Å². The first kappa shape index (κ1) is 17.8. The topological polar surface area (TPSA) is 98.5 Å². The van der Waals surface area contributed by atoms with Crippen molar-refractivity contribution in [2.45, 2.75) is 19.4 Å². The van der Waals surface area contributed by atoms with Crippen molar-refractivity contribution < 1.29 is 19.1 Å². The Labute approximate surface area is 151 Å². The van der Waals surface area contributed by atoms with Crippen LogP contribution in [0.1, 0.15) is 45.7 Å². The Morgan fingerprint density at radius 1 is 1.00 bits per heavy atom. The number of nitrogens with two attached hydrogens (primary N) is 1. The number of rotatable bonds is 5. The lowest BCUT2D eigenvalue weighted by Gasteiger charge is -2.29. The Hall–Kier alpha value is -2.99. The third kappa shape index (κ3) is 3.23. The van der Waals surface area contributed by atoms with Gasteiger partial charge in [0.25, 0.3) is 0 Å². The van der Waals surface area contributed by atoms with Gasteiger partial charge in [-0.05, 0) is 19.9 Å². The third-order valence-electron chi connectivity index (χ3n) is 4.19. The summed E-state index contributed by atoms with van der Waals surface area (Å²) in [7, 11) is 0. The zero-order chi connectivity index (χ0) is 18.9. The third-order valence-corrected chi connectivity index (χ3v) is 4.19. The predicted octanol–water partition coefficient (Wildman–Crippen LogP) is 2.15. The van der Waals surface area contributed by atoms with Gasteiger partial charge in [0.2, 0.25) is 0 Å². The molecule has 0 atom stereocenters. The van der Waals surface area contributed by atoms with E-state index in [-0.39, 0.29) is 24.7 Å². The fourth-order valence-electron chi connectivity index (χ4n) is 2.97. The monoisotopic (exact) mass is 352 g/mol. The van der Waals surface area contributed by atoms with Crippen molar-refractivity contribution in [1.82, 2.24) is 0 Å². The van der Waals surface area contributed by atoms with Crippen LogP contribution >= 0.6 is 0 Å². The Balaban J connectivity index is 1.96. The Kier molecular flexibility index (Phi) is 4.61. The molecule has 0 saturated carbocycles. The molecule has 0 bridgehead atoms. The molecule has 0 aliphatic heterocycles. The summed E-state index contributed by atoms with van der Waals surface area (Å²) in [6, 6.07) is 11.9. The minimum Gasteiger partial charge on any atom is -0.462 e. The molecule has 1 aliphatic rings. The SMILES string of the molecule is CC(C)(COC(=O)CN)Nc1cccc2c1C(=O)c1ccccc1C2=O. The smallest absolute Gasteiger partial charge is 0.319 e. The molecule has 0 heterocycles. The summed E-state index contributed by atoms with van der Waals surface area (Å²) in [5, 5.41) is 3.22. The van der Waals surface area contributed by atoms with E-state index in [0.29, 0.717) is 27.9 Å². The molecule has 6 heteroatoms. The highest BCUT2D eigenvalue weighted by Gasteiger charge is 2.32. The van der Waals surface area contributed by atoms with Gasteiger partial charge >= 0.3 is 5.97 Å². The van der Waals surface area contributed by atoms with Crippen molar-refractivity contribution in [3.8, 4) is 0 Å². The second-order valence-corrected chi connectivity index (χ2v) is 6.81. The van der Waals surface area contributed by atoms with E-state index >= 15 is 0 Å². The molecule has 0 saturated heterocycles. The van der Waals surface area contributed by atoms with Crippen molar-refractivity contribution >= 4 is 23.2 Å².